The lowest BCUT2D eigenvalue weighted by Gasteiger charge is -2.22. The number of furan rings is 2. The van der Waals surface area contributed by atoms with Crippen LogP contribution in [-0.2, 0) is 9.59 Å². The van der Waals surface area contributed by atoms with Gasteiger partial charge >= 0.3 is 0 Å². The topological polar surface area (TPSA) is 91.6 Å². The first-order valence-corrected chi connectivity index (χ1v) is 12.1. The molecule has 32 heavy (non-hydrogen) atoms. The minimum atomic E-state index is -0.211. The Hall–Kier alpha value is -2.98. The Labute approximate surface area is 194 Å². The lowest BCUT2D eigenvalue weighted by molar-refractivity contribution is -0.125. The molecule has 0 fully saturated rings. The van der Waals surface area contributed by atoms with Crippen LogP contribution in [0.25, 0.3) is 12.2 Å². The highest BCUT2D eigenvalue weighted by Gasteiger charge is 2.34. The molecule has 0 saturated heterocycles. The lowest BCUT2D eigenvalue weighted by Crippen LogP contribution is -2.41. The summed E-state index contributed by atoms with van der Waals surface area (Å²) in [6, 6.07) is 7.05. The number of thioether (sulfide) groups is 2. The van der Waals surface area contributed by atoms with E-state index in [-0.39, 0.29) is 11.8 Å². The molecule has 0 N–H and O–H groups in total. The summed E-state index contributed by atoms with van der Waals surface area (Å²) < 4.78 is 10.6. The molecule has 10 heteroatoms. The van der Waals surface area contributed by atoms with Crippen LogP contribution in [0.4, 0.5) is 0 Å². The van der Waals surface area contributed by atoms with Gasteiger partial charge in [0, 0.05) is 25.2 Å². The molecule has 0 spiro atoms. The van der Waals surface area contributed by atoms with Gasteiger partial charge in [0.15, 0.2) is 10.3 Å². The molecular formula is C22H22N4O4S2. The smallest absolute Gasteiger partial charge is 0.278 e. The lowest BCUT2D eigenvalue weighted by atomic mass is 10.3. The van der Waals surface area contributed by atoms with Crippen molar-refractivity contribution < 1.29 is 18.4 Å². The molecule has 0 radical (unpaired) electrons. The highest BCUT2D eigenvalue weighted by Crippen LogP contribution is 2.27. The molecule has 2 aliphatic heterocycles. The van der Waals surface area contributed by atoms with E-state index in [1.807, 2.05) is 13.8 Å². The van der Waals surface area contributed by atoms with Crippen molar-refractivity contribution in [2.24, 2.45) is 9.98 Å². The number of aliphatic imine (C=N–C) groups is 2. The Morgan fingerprint density at radius 2 is 1.25 bits per heavy atom. The zero-order valence-electron chi connectivity index (χ0n) is 17.7. The molecule has 2 aromatic heterocycles. The molecule has 0 aliphatic carbocycles. The quantitative estimate of drug-likeness (QED) is 0.565. The van der Waals surface area contributed by atoms with Gasteiger partial charge in [0.1, 0.15) is 22.9 Å². The second kappa shape index (κ2) is 10.1. The van der Waals surface area contributed by atoms with Gasteiger partial charge in [-0.2, -0.15) is 0 Å². The van der Waals surface area contributed by atoms with Crippen molar-refractivity contribution in [2.45, 2.75) is 13.8 Å². The number of rotatable bonds is 7. The van der Waals surface area contributed by atoms with Crippen molar-refractivity contribution in [1.29, 1.82) is 0 Å². The van der Waals surface area contributed by atoms with Crippen LogP contribution in [0.3, 0.4) is 0 Å². The molecule has 0 saturated carbocycles. The van der Waals surface area contributed by atoms with E-state index in [0.717, 1.165) is 11.5 Å². The van der Waals surface area contributed by atoms with Crippen molar-refractivity contribution >= 4 is 57.8 Å². The van der Waals surface area contributed by atoms with Gasteiger partial charge in [0.05, 0.1) is 12.5 Å². The average molecular weight is 471 g/mol. The van der Waals surface area contributed by atoms with Gasteiger partial charge in [-0.15, -0.1) is 0 Å². The first-order valence-electron chi connectivity index (χ1n) is 10.2. The Balaban J connectivity index is 1.51. The number of carbonyl (C=O) groups is 2. The summed E-state index contributed by atoms with van der Waals surface area (Å²) in [4.78, 5) is 38.2. The predicted octanol–water partition coefficient (Wildman–Crippen LogP) is 4.16. The largest absolute Gasteiger partial charge is 0.465 e. The molecule has 4 heterocycles. The molecule has 166 valence electrons. The van der Waals surface area contributed by atoms with Gasteiger partial charge in [0.2, 0.25) is 0 Å². The third-order valence-corrected chi connectivity index (χ3v) is 6.28. The van der Waals surface area contributed by atoms with E-state index in [9.17, 15) is 9.59 Å². The van der Waals surface area contributed by atoms with Crippen molar-refractivity contribution in [3.63, 3.8) is 0 Å². The molecule has 0 aromatic carbocycles. The van der Waals surface area contributed by atoms with Crippen LogP contribution in [-0.4, -0.2) is 56.5 Å². The zero-order chi connectivity index (χ0) is 22.5. The van der Waals surface area contributed by atoms with E-state index in [2.05, 4.69) is 9.98 Å². The molecule has 0 bridgehead atoms. The average Bonchev–Trinajstić information content (AvgIpc) is 3.56. The fourth-order valence-corrected chi connectivity index (χ4v) is 4.65. The standard InChI is InChI=1S/C22H22N4O4S2/c1-3-31-21-23-17(13-15-7-5-11-29-15)19(27)25(21)9-10-26-20(28)18(24-22(26)32-4-2)14-16-8-6-12-30-16/h5-8,11-14H,3-4,9-10H2,1-2H3/b17-13-,18-14-. The number of carbonyl (C=O) groups excluding carboxylic acids is 2. The number of amides is 2. The van der Waals surface area contributed by atoms with E-state index < -0.39 is 0 Å². The first kappa shape index (κ1) is 22.2. The van der Waals surface area contributed by atoms with Crippen molar-refractivity contribution in [3.8, 4) is 0 Å². The van der Waals surface area contributed by atoms with Gasteiger partial charge in [-0.05, 0) is 35.8 Å². The Kier molecular flexibility index (Phi) is 7.01. The minimum Gasteiger partial charge on any atom is -0.465 e. The summed E-state index contributed by atoms with van der Waals surface area (Å²) in [6.45, 7) is 4.62. The minimum absolute atomic E-state index is 0.211. The second-order valence-corrected chi connectivity index (χ2v) is 9.12. The molecule has 2 aliphatic rings. The van der Waals surface area contributed by atoms with E-state index >= 15 is 0 Å². The summed E-state index contributed by atoms with van der Waals surface area (Å²) in [6.07, 6.45) is 6.36. The summed E-state index contributed by atoms with van der Waals surface area (Å²) >= 11 is 2.97. The van der Waals surface area contributed by atoms with Crippen molar-refractivity contribution in [1.82, 2.24) is 9.80 Å². The Morgan fingerprint density at radius 3 is 1.59 bits per heavy atom. The van der Waals surface area contributed by atoms with Crippen molar-refractivity contribution in [2.75, 3.05) is 24.6 Å². The monoisotopic (exact) mass is 470 g/mol. The van der Waals surface area contributed by atoms with Crippen LogP contribution in [0.1, 0.15) is 25.4 Å². The maximum atomic E-state index is 13.0. The van der Waals surface area contributed by atoms with Crippen LogP contribution in [0, 0.1) is 0 Å². The first-order chi connectivity index (χ1) is 15.6. The van der Waals surface area contributed by atoms with Crippen LogP contribution in [0.5, 0.6) is 0 Å². The molecule has 4 rings (SSSR count). The second-order valence-electron chi connectivity index (χ2n) is 6.66. The van der Waals surface area contributed by atoms with Gasteiger partial charge in [-0.25, -0.2) is 9.98 Å². The molecule has 0 atom stereocenters. The normalized spacial score (nSPS) is 18.9. The summed E-state index contributed by atoms with van der Waals surface area (Å²) in [5, 5.41) is 1.24. The summed E-state index contributed by atoms with van der Waals surface area (Å²) in [5.74, 6) is 2.25. The maximum absolute atomic E-state index is 13.0. The van der Waals surface area contributed by atoms with Gasteiger partial charge in [-0.1, -0.05) is 37.4 Å². The molecule has 2 amide bonds. The van der Waals surface area contributed by atoms with Crippen molar-refractivity contribution in [3.05, 3.63) is 59.7 Å². The van der Waals surface area contributed by atoms with Gasteiger partial charge < -0.3 is 8.83 Å². The SMILES string of the molecule is CCSC1=N/C(=C\c2ccco2)C(=O)N1CCN1C(=O)/C(=C/c2ccco2)N=C1SCC. The van der Waals surface area contributed by atoms with Crippen LogP contribution in [0.2, 0.25) is 0 Å². The fraction of sp³-hybridized carbons (Fsp3) is 0.273. The Morgan fingerprint density at radius 1 is 0.812 bits per heavy atom. The van der Waals surface area contributed by atoms with E-state index in [4.69, 9.17) is 8.83 Å². The number of hydrogen-bond donors (Lipinski definition) is 0. The molecule has 0 unspecified atom stereocenters. The van der Waals surface area contributed by atoms with E-state index in [1.165, 1.54) is 23.5 Å². The van der Waals surface area contributed by atoms with Crippen LogP contribution in [0.15, 0.2) is 67.0 Å². The van der Waals surface area contributed by atoms with Crippen LogP contribution >= 0.6 is 23.5 Å². The van der Waals surface area contributed by atoms with Gasteiger partial charge in [0.25, 0.3) is 11.8 Å². The number of hydrogen-bond acceptors (Lipinski definition) is 8. The summed E-state index contributed by atoms with van der Waals surface area (Å²) in [7, 11) is 0. The van der Waals surface area contributed by atoms with E-state index in [0.29, 0.717) is 46.3 Å². The third-order valence-electron chi connectivity index (χ3n) is 4.56. The fourth-order valence-electron chi connectivity index (χ4n) is 3.15. The van der Waals surface area contributed by atoms with Gasteiger partial charge in [-0.3, -0.25) is 19.4 Å². The van der Waals surface area contributed by atoms with E-state index in [1.54, 1.807) is 58.7 Å². The highest BCUT2D eigenvalue weighted by molar-refractivity contribution is 8.14. The Bertz CT molecular complexity index is 1010. The zero-order valence-corrected chi connectivity index (χ0v) is 19.3. The van der Waals surface area contributed by atoms with Crippen LogP contribution < -0.4 is 0 Å². The number of amidine groups is 2. The molecule has 8 nitrogen and oxygen atoms in total. The third kappa shape index (κ3) is 4.76. The molecule has 2 aromatic rings. The number of nitrogens with zero attached hydrogens (tertiary/aromatic N) is 4. The highest BCUT2D eigenvalue weighted by atomic mass is 32.2. The summed E-state index contributed by atoms with van der Waals surface area (Å²) in [5.41, 5.74) is 0.637. The molecular weight excluding hydrogens is 448 g/mol. The maximum Gasteiger partial charge on any atom is 0.278 e. The predicted molar refractivity (Wildman–Crippen MR) is 128 cm³/mol.